The molecular formula is C9H6Br2N2O3S. The molecule has 1 N–H and O–H groups in total. The SMILES string of the molecule is O=C(CN1C(=O)CNC1=O)c1cc(Br)sc1Br. The molecule has 1 fully saturated rings. The number of thiophene rings is 1. The highest BCUT2D eigenvalue weighted by molar-refractivity contribution is 9.12. The van der Waals surface area contributed by atoms with Crippen LogP contribution in [0.15, 0.2) is 13.6 Å². The number of halogens is 2. The minimum Gasteiger partial charge on any atom is -0.329 e. The van der Waals surface area contributed by atoms with Crippen molar-refractivity contribution in [3.8, 4) is 0 Å². The zero-order chi connectivity index (χ0) is 12.6. The number of imide groups is 1. The Kier molecular flexibility index (Phi) is 3.64. The van der Waals surface area contributed by atoms with Crippen LogP contribution in [0.5, 0.6) is 0 Å². The largest absolute Gasteiger partial charge is 0.329 e. The summed E-state index contributed by atoms with van der Waals surface area (Å²) in [6, 6.07) is 1.14. The van der Waals surface area contributed by atoms with E-state index in [0.29, 0.717) is 9.35 Å². The molecule has 0 aliphatic carbocycles. The lowest BCUT2D eigenvalue weighted by Crippen LogP contribution is -2.35. The average molecular weight is 382 g/mol. The van der Waals surface area contributed by atoms with Crippen molar-refractivity contribution >= 4 is 60.9 Å². The number of nitrogens with zero attached hydrogens (tertiary/aromatic N) is 1. The molecule has 5 nitrogen and oxygen atoms in total. The number of hydrogen-bond donors (Lipinski definition) is 1. The number of nitrogens with one attached hydrogen (secondary N) is 1. The van der Waals surface area contributed by atoms with Crippen LogP contribution in [0.1, 0.15) is 10.4 Å². The molecule has 0 radical (unpaired) electrons. The molecule has 0 spiro atoms. The van der Waals surface area contributed by atoms with E-state index < -0.39 is 6.03 Å². The number of carbonyl (C=O) groups is 3. The van der Waals surface area contributed by atoms with Gasteiger partial charge in [0, 0.05) is 5.56 Å². The van der Waals surface area contributed by atoms with Crippen molar-refractivity contribution in [2.24, 2.45) is 0 Å². The normalized spacial score (nSPS) is 15.3. The minimum atomic E-state index is -0.520. The topological polar surface area (TPSA) is 66.5 Å². The number of hydrogen-bond acceptors (Lipinski definition) is 4. The second-order valence-electron chi connectivity index (χ2n) is 3.30. The summed E-state index contributed by atoms with van der Waals surface area (Å²) < 4.78 is 1.49. The molecule has 0 unspecified atom stereocenters. The molecule has 8 heteroatoms. The van der Waals surface area contributed by atoms with Gasteiger partial charge in [-0.2, -0.15) is 0 Å². The predicted octanol–water partition coefficient (Wildman–Crippen LogP) is 2.01. The van der Waals surface area contributed by atoms with Gasteiger partial charge >= 0.3 is 6.03 Å². The summed E-state index contributed by atoms with van der Waals surface area (Å²) in [5, 5.41) is 2.36. The summed E-state index contributed by atoms with van der Waals surface area (Å²) in [7, 11) is 0. The fraction of sp³-hybridized carbons (Fsp3) is 0.222. The third-order valence-electron chi connectivity index (χ3n) is 2.20. The summed E-state index contributed by atoms with van der Waals surface area (Å²) in [5.41, 5.74) is 0.467. The molecule has 1 aliphatic heterocycles. The van der Waals surface area contributed by atoms with E-state index in [9.17, 15) is 14.4 Å². The van der Waals surface area contributed by atoms with Crippen molar-refractivity contribution in [1.82, 2.24) is 10.2 Å². The fourth-order valence-corrected chi connectivity index (χ4v) is 4.23. The lowest BCUT2D eigenvalue weighted by molar-refractivity contribution is -0.124. The number of Topliss-reactive ketones (excluding diaryl/α,β-unsaturated/α-hetero) is 1. The third kappa shape index (κ3) is 2.58. The second-order valence-corrected chi connectivity index (χ2v) is 7.05. The van der Waals surface area contributed by atoms with Crippen molar-refractivity contribution in [2.75, 3.05) is 13.1 Å². The molecule has 0 bridgehead atoms. The zero-order valence-corrected chi connectivity index (χ0v) is 12.3. The first-order valence-electron chi connectivity index (χ1n) is 4.55. The fourth-order valence-electron chi connectivity index (χ4n) is 1.37. The van der Waals surface area contributed by atoms with E-state index in [4.69, 9.17) is 0 Å². The van der Waals surface area contributed by atoms with E-state index in [1.54, 1.807) is 6.07 Å². The molecule has 1 saturated heterocycles. The molecule has 2 rings (SSSR count). The molecule has 0 aromatic carbocycles. The van der Waals surface area contributed by atoms with Crippen LogP contribution in [-0.4, -0.2) is 35.7 Å². The average Bonchev–Trinajstić information content (AvgIpc) is 2.74. The van der Waals surface area contributed by atoms with Crippen molar-refractivity contribution < 1.29 is 14.4 Å². The number of urea groups is 1. The van der Waals surface area contributed by atoms with Gasteiger partial charge in [-0.15, -0.1) is 11.3 Å². The van der Waals surface area contributed by atoms with Gasteiger partial charge in [0.05, 0.1) is 20.7 Å². The Labute approximate surface area is 117 Å². The smallest absolute Gasteiger partial charge is 0.325 e. The summed E-state index contributed by atoms with van der Waals surface area (Å²) in [6.45, 7) is -0.271. The van der Waals surface area contributed by atoms with Crippen LogP contribution < -0.4 is 5.32 Å². The van der Waals surface area contributed by atoms with E-state index >= 15 is 0 Å². The maximum absolute atomic E-state index is 11.9. The second kappa shape index (κ2) is 4.87. The number of carbonyl (C=O) groups excluding carboxylic acids is 3. The molecule has 1 aromatic heterocycles. The molecule has 2 heterocycles. The Morgan fingerprint density at radius 1 is 1.47 bits per heavy atom. The quantitative estimate of drug-likeness (QED) is 0.643. The molecule has 3 amide bonds. The first kappa shape index (κ1) is 12.7. The van der Waals surface area contributed by atoms with Crippen LogP contribution in [0, 0.1) is 0 Å². The monoisotopic (exact) mass is 380 g/mol. The maximum Gasteiger partial charge on any atom is 0.325 e. The Bertz CT molecular complexity index is 498. The zero-order valence-electron chi connectivity index (χ0n) is 8.33. The molecule has 0 saturated carbocycles. The first-order chi connectivity index (χ1) is 7.99. The van der Waals surface area contributed by atoms with Gasteiger partial charge in [-0.25, -0.2) is 4.79 Å². The minimum absolute atomic E-state index is 0.0411. The summed E-state index contributed by atoms with van der Waals surface area (Å²) in [4.78, 5) is 35.4. The molecule has 17 heavy (non-hydrogen) atoms. The molecule has 90 valence electrons. The predicted molar refractivity (Wildman–Crippen MR) is 69.2 cm³/mol. The van der Waals surface area contributed by atoms with Gasteiger partial charge in [-0.3, -0.25) is 14.5 Å². The van der Waals surface area contributed by atoms with Gasteiger partial charge in [-0.05, 0) is 37.9 Å². The highest BCUT2D eigenvalue weighted by Gasteiger charge is 2.31. The molecular weight excluding hydrogens is 376 g/mol. The maximum atomic E-state index is 11.9. The van der Waals surface area contributed by atoms with E-state index in [0.717, 1.165) is 8.69 Å². The van der Waals surface area contributed by atoms with Crippen molar-refractivity contribution in [2.45, 2.75) is 0 Å². The van der Waals surface area contributed by atoms with Gasteiger partial charge < -0.3 is 5.32 Å². The van der Waals surface area contributed by atoms with E-state index in [-0.39, 0.29) is 24.8 Å². The Hall–Kier alpha value is -0.730. The Balaban J connectivity index is 2.14. The van der Waals surface area contributed by atoms with Crippen molar-refractivity contribution in [3.05, 3.63) is 19.2 Å². The highest BCUT2D eigenvalue weighted by atomic mass is 79.9. The number of amides is 3. The Morgan fingerprint density at radius 3 is 2.65 bits per heavy atom. The van der Waals surface area contributed by atoms with Crippen molar-refractivity contribution in [3.63, 3.8) is 0 Å². The van der Waals surface area contributed by atoms with E-state index in [2.05, 4.69) is 37.2 Å². The summed E-state index contributed by atoms with van der Waals surface area (Å²) >= 11 is 7.89. The van der Waals surface area contributed by atoms with E-state index in [1.165, 1.54) is 11.3 Å². The van der Waals surface area contributed by atoms with Gasteiger partial charge in [-0.1, -0.05) is 0 Å². The van der Waals surface area contributed by atoms with Crippen LogP contribution in [0.3, 0.4) is 0 Å². The van der Waals surface area contributed by atoms with Gasteiger partial charge in [0.15, 0.2) is 5.78 Å². The van der Waals surface area contributed by atoms with Gasteiger partial charge in [0.2, 0.25) is 5.91 Å². The molecule has 1 aliphatic rings. The number of ketones is 1. The van der Waals surface area contributed by atoms with Crippen LogP contribution in [-0.2, 0) is 4.79 Å². The lowest BCUT2D eigenvalue weighted by atomic mass is 10.2. The Morgan fingerprint density at radius 2 is 2.18 bits per heavy atom. The first-order valence-corrected chi connectivity index (χ1v) is 6.95. The lowest BCUT2D eigenvalue weighted by Gasteiger charge is -2.10. The molecule has 0 atom stereocenters. The highest BCUT2D eigenvalue weighted by Crippen LogP contribution is 2.32. The van der Waals surface area contributed by atoms with E-state index in [1.807, 2.05) is 0 Å². The van der Waals surface area contributed by atoms with Crippen LogP contribution in [0.25, 0.3) is 0 Å². The summed E-state index contributed by atoms with van der Waals surface area (Å²) in [6.07, 6.45) is 0. The number of rotatable bonds is 3. The van der Waals surface area contributed by atoms with Crippen LogP contribution in [0.2, 0.25) is 0 Å². The van der Waals surface area contributed by atoms with Gasteiger partial charge in [0.1, 0.15) is 0 Å². The standard InChI is InChI=1S/C9H6Br2N2O3S/c10-6-1-4(8(11)17-6)5(14)3-13-7(15)2-12-9(13)16/h1H,2-3H2,(H,12,16). The van der Waals surface area contributed by atoms with Crippen molar-refractivity contribution in [1.29, 1.82) is 0 Å². The molecule has 1 aromatic rings. The van der Waals surface area contributed by atoms with Gasteiger partial charge in [0.25, 0.3) is 0 Å². The van der Waals surface area contributed by atoms with Crippen LogP contribution >= 0.6 is 43.2 Å². The third-order valence-corrected chi connectivity index (χ3v) is 4.54. The van der Waals surface area contributed by atoms with Crippen LogP contribution in [0.4, 0.5) is 4.79 Å². The summed E-state index contributed by atoms with van der Waals surface area (Å²) in [5.74, 6) is -0.655.